The van der Waals surface area contributed by atoms with Crippen LogP contribution in [0.1, 0.15) is 0 Å². The second-order valence-corrected chi connectivity index (χ2v) is 9.26. The van der Waals surface area contributed by atoms with Crippen LogP contribution in [0.5, 0.6) is 0 Å². The van der Waals surface area contributed by atoms with Gasteiger partial charge in [0, 0.05) is 0 Å². The van der Waals surface area contributed by atoms with E-state index >= 15 is 0 Å². The van der Waals surface area contributed by atoms with Gasteiger partial charge in [0.1, 0.15) is 0 Å². The van der Waals surface area contributed by atoms with Crippen molar-refractivity contribution in [2.24, 2.45) is 0 Å². The van der Waals surface area contributed by atoms with Crippen LogP contribution in [0, 0.1) is 0 Å². The fraction of sp³-hybridized carbons (Fsp3) is 0. The molecule has 0 radical (unpaired) electrons. The average Bonchev–Trinajstić information content (AvgIpc) is 2.54. The van der Waals surface area contributed by atoms with Crippen molar-refractivity contribution in [2.75, 3.05) is 0 Å². The molecule has 0 saturated carbocycles. The molecule has 22 heavy (non-hydrogen) atoms. The van der Waals surface area contributed by atoms with E-state index in [4.69, 9.17) is 0 Å². The summed E-state index contributed by atoms with van der Waals surface area (Å²) in [5, 5.41) is 0. The molecule has 0 saturated heterocycles. The molecule has 0 N–H and O–H groups in total. The van der Waals surface area contributed by atoms with E-state index in [0.717, 1.165) is 8.92 Å². The quantitative estimate of drug-likeness (QED) is 0.548. The molecule has 0 fully saturated rings. The van der Waals surface area contributed by atoms with Gasteiger partial charge in [0.15, 0.2) is 0 Å². The summed E-state index contributed by atoms with van der Waals surface area (Å²) < 4.78 is 3.48. The van der Waals surface area contributed by atoms with Crippen molar-refractivity contribution in [2.45, 2.75) is 0 Å². The van der Waals surface area contributed by atoms with E-state index in [-0.39, 0.29) is 41.5 Å². The molecule has 4 heteroatoms. The summed E-state index contributed by atoms with van der Waals surface area (Å²) >= 11 is -0.231. The number of ketones is 2. The van der Waals surface area contributed by atoms with E-state index in [2.05, 4.69) is 0 Å². The molecular weight excluding hydrogens is 406 g/mol. The molecule has 0 aromatic heterocycles. The number of carbonyl (C=O) groups excluding carboxylic acids is 2. The third-order valence-electron chi connectivity index (χ3n) is 2.95. The van der Waals surface area contributed by atoms with Crippen molar-refractivity contribution < 1.29 is 9.59 Å². The number of benzene rings is 2. The Bertz CT molecular complexity index is 695. The summed E-state index contributed by atoms with van der Waals surface area (Å²) in [6, 6.07) is 19.7. The van der Waals surface area contributed by atoms with Gasteiger partial charge in [-0.05, 0) is 0 Å². The Morgan fingerprint density at radius 2 is 0.909 bits per heavy atom. The van der Waals surface area contributed by atoms with Crippen LogP contribution in [-0.2, 0) is 9.59 Å². The number of allylic oxidation sites excluding steroid dienone is 4. The van der Waals surface area contributed by atoms with E-state index in [1.54, 1.807) is 0 Å². The van der Waals surface area contributed by atoms with Crippen LogP contribution < -0.4 is 8.92 Å². The Morgan fingerprint density at radius 3 is 1.27 bits per heavy atom. The Kier molecular flexibility index (Phi) is 4.86. The third-order valence-corrected chi connectivity index (χ3v) is 7.34. The van der Waals surface area contributed by atoms with Gasteiger partial charge in [0.25, 0.3) is 0 Å². The topological polar surface area (TPSA) is 34.1 Å². The van der Waals surface area contributed by atoms with Gasteiger partial charge in [-0.2, -0.15) is 0 Å². The van der Waals surface area contributed by atoms with Crippen molar-refractivity contribution >= 4 is 50.4 Å². The zero-order chi connectivity index (χ0) is 15.4. The van der Waals surface area contributed by atoms with Crippen LogP contribution in [0.2, 0.25) is 0 Å². The molecule has 1 aliphatic rings. The molecule has 0 heterocycles. The van der Waals surface area contributed by atoms with E-state index in [9.17, 15) is 9.59 Å². The van der Waals surface area contributed by atoms with Crippen molar-refractivity contribution in [1.82, 2.24) is 0 Å². The normalized spacial score (nSPS) is 14.5. The molecule has 1 aliphatic carbocycles. The van der Waals surface area contributed by atoms with E-state index in [1.165, 1.54) is 12.2 Å². The maximum absolute atomic E-state index is 12.3. The fourth-order valence-corrected chi connectivity index (χ4v) is 5.57. The fourth-order valence-electron chi connectivity index (χ4n) is 1.91. The molecule has 0 aliphatic heterocycles. The number of carbonyl (C=O) groups is 2. The van der Waals surface area contributed by atoms with Gasteiger partial charge in [0.2, 0.25) is 0 Å². The van der Waals surface area contributed by atoms with Crippen molar-refractivity contribution in [3.63, 3.8) is 0 Å². The molecule has 0 unspecified atom stereocenters. The molecule has 0 atom stereocenters. The van der Waals surface area contributed by atoms with E-state index in [0.29, 0.717) is 8.94 Å². The van der Waals surface area contributed by atoms with Crippen LogP contribution in [0.25, 0.3) is 0 Å². The number of hydrogen-bond donors (Lipinski definition) is 0. The Labute approximate surface area is 141 Å². The first-order valence-corrected chi connectivity index (χ1v) is 10.1. The van der Waals surface area contributed by atoms with Crippen LogP contribution in [0.15, 0.2) is 81.8 Å². The maximum atomic E-state index is 12.3. The first-order valence-electron chi connectivity index (χ1n) is 6.70. The summed E-state index contributed by atoms with van der Waals surface area (Å²) in [5.74, 6) is -0.0347. The summed E-state index contributed by atoms with van der Waals surface area (Å²) in [6.45, 7) is 0. The van der Waals surface area contributed by atoms with Gasteiger partial charge >= 0.3 is 142 Å². The molecule has 2 aromatic rings. The van der Waals surface area contributed by atoms with Gasteiger partial charge in [-0.15, -0.1) is 0 Å². The molecule has 2 aromatic carbocycles. The minimum atomic E-state index is -0.115. The van der Waals surface area contributed by atoms with Gasteiger partial charge in [0.05, 0.1) is 0 Å². The molecule has 0 bridgehead atoms. The summed E-state index contributed by atoms with van der Waals surface area (Å²) in [5.41, 5.74) is 0. The Morgan fingerprint density at radius 1 is 0.545 bits per heavy atom. The van der Waals surface area contributed by atoms with Crippen molar-refractivity contribution in [1.29, 1.82) is 0 Å². The predicted molar refractivity (Wildman–Crippen MR) is 89.8 cm³/mol. The second-order valence-electron chi connectivity index (χ2n) is 4.58. The standard InChI is InChI=1S/C18H12O2Se2/c19-15-12-18(22-14-9-5-2-6-10-14)16(20)11-17(15)21-13-7-3-1-4-8-13/h1-12H. The molecule has 3 rings (SSSR count). The van der Waals surface area contributed by atoms with Gasteiger partial charge in [-0.25, -0.2) is 0 Å². The number of rotatable bonds is 4. The third kappa shape index (κ3) is 3.73. The Hall–Kier alpha value is -1.70. The van der Waals surface area contributed by atoms with Crippen LogP contribution in [0.4, 0.5) is 0 Å². The monoisotopic (exact) mass is 420 g/mol. The summed E-state index contributed by atoms with van der Waals surface area (Å²) in [7, 11) is 0. The number of hydrogen-bond acceptors (Lipinski definition) is 2. The van der Waals surface area contributed by atoms with Crippen molar-refractivity contribution in [3.05, 3.63) is 81.8 Å². The minimum absolute atomic E-state index is 0.0174. The van der Waals surface area contributed by atoms with Crippen molar-refractivity contribution in [3.8, 4) is 0 Å². The SMILES string of the molecule is O=C1C=C([Se]c2ccccc2)C(=O)C=C1[Se]c1ccccc1. The van der Waals surface area contributed by atoms with Gasteiger partial charge < -0.3 is 0 Å². The van der Waals surface area contributed by atoms with E-state index in [1.807, 2.05) is 60.7 Å². The van der Waals surface area contributed by atoms with Crippen LogP contribution in [0.3, 0.4) is 0 Å². The first-order chi connectivity index (χ1) is 10.7. The average molecular weight is 418 g/mol. The summed E-state index contributed by atoms with van der Waals surface area (Å²) in [4.78, 5) is 24.5. The molecule has 0 spiro atoms. The first kappa shape index (κ1) is 15.2. The zero-order valence-corrected chi connectivity index (χ0v) is 15.0. The zero-order valence-electron chi connectivity index (χ0n) is 11.6. The molecule has 2 nitrogen and oxygen atoms in total. The van der Waals surface area contributed by atoms with Crippen LogP contribution >= 0.6 is 0 Å². The summed E-state index contributed by atoms with van der Waals surface area (Å²) in [6.07, 6.45) is 3.07. The van der Waals surface area contributed by atoms with Gasteiger partial charge in [-0.3, -0.25) is 0 Å². The molecule has 0 amide bonds. The molecule has 108 valence electrons. The van der Waals surface area contributed by atoms with Gasteiger partial charge in [-0.1, -0.05) is 0 Å². The molecular formula is C18H12O2Se2. The van der Waals surface area contributed by atoms with Crippen LogP contribution in [-0.4, -0.2) is 41.5 Å². The second kappa shape index (κ2) is 7.04. The predicted octanol–water partition coefficient (Wildman–Crippen LogP) is 0.965. The van der Waals surface area contributed by atoms with E-state index < -0.39 is 0 Å². The Balaban J connectivity index is 1.75.